The molecule has 0 atom stereocenters. The molecule has 0 aliphatic rings. The van der Waals surface area contributed by atoms with Crippen molar-refractivity contribution in [1.82, 2.24) is 0 Å². The molecule has 0 aromatic rings. The molecule has 0 spiro atoms. The molecule has 59 valence electrons. The Morgan fingerprint density at radius 2 is 1.89 bits per heavy atom. The standard InChI is InChI=1S/C5H10O3.Ag/c1-5(2,3-6)4(7)8;/h6H,3H2,1-2H3,(H,7,8);. The zero-order valence-corrected chi connectivity index (χ0v) is 6.79. The van der Waals surface area contributed by atoms with Gasteiger partial charge in [0.05, 0.1) is 12.0 Å². The minimum absolute atomic E-state index is 0. The third-order valence-corrected chi connectivity index (χ3v) is 0.974. The van der Waals surface area contributed by atoms with Crippen LogP contribution < -0.4 is 0 Å². The first-order valence-electron chi connectivity index (χ1n) is 2.35. The molecular weight excluding hydrogens is 216 g/mol. The van der Waals surface area contributed by atoms with Gasteiger partial charge in [-0.05, 0) is 13.8 Å². The molecule has 0 aliphatic heterocycles. The Hall–Kier alpha value is 0.170. The van der Waals surface area contributed by atoms with Crippen molar-refractivity contribution in [3.63, 3.8) is 0 Å². The van der Waals surface area contributed by atoms with Gasteiger partial charge < -0.3 is 10.2 Å². The van der Waals surface area contributed by atoms with Crippen molar-refractivity contribution in [2.45, 2.75) is 13.8 Å². The van der Waals surface area contributed by atoms with Crippen molar-refractivity contribution in [1.29, 1.82) is 0 Å². The first kappa shape index (κ1) is 11.9. The molecule has 0 saturated carbocycles. The van der Waals surface area contributed by atoms with Crippen LogP contribution in [0.3, 0.4) is 0 Å². The summed E-state index contributed by atoms with van der Waals surface area (Å²) < 4.78 is 0. The number of rotatable bonds is 2. The second-order valence-electron chi connectivity index (χ2n) is 2.35. The van der Waals surface area contributed by atoms with Crippen molar-refractivity contribution in [3.8, 4) is 0 Å². The molecule has 3 nitrogen and oxygen atoms in total. The Morgan fingerprint density at radius 3 is 1.89 bits per heavy atom. The van der Waals surface area contributed by atoms with Crippen molar-refractivity contribution in [3.05, 3.63) is 0 Å². The normalized spacial score (nSPS) is 10.1. The van der Waals surface area contributed by atoms with E-state index in [1.165, 1.54) is 13.8 Å². The number of aliphatic carboxylic acids is 1. The molecule has 0 fully saturated rings. The van der Waals surface area contributed by atoms with Gasteiger partial charge in [0.15, 0.2) is 0 Å². The number of aliphatic hydroxyl groups is 1. The van der Waals surface area contributed by atoms with Gasteiger partial charge in [0.1, 0.15) is 0 Å². The van der Waals surface area contributed by atoms with Crippen LogP contribution in [0, 0.1) is 5.41 Å². The molecule has 0 aliphatic carbocycles. The van der Waals surface area contributed by atoms with Crippen LogP contribution in [-0.4, -0.2) is 22.8 Å². The molecule has 1 radical (unpaired) electrons. The largest absolute Gasteiger partial charge is 0.481 e. The minimum atomic E-state index is -0.986. The second-order valence-corrected chi connectivity index (χ2v) is 2.35. The van der Waals surface area contributed by atoms with Crippen LogP contribution in [0.1, 0.15) is 13.8 Å². The Labute approximate surface area is 69.6 Å². The number of carboxylic acids is 1. The van der Waals surface area contributed by atoms with Crippen molar-refractivity contribution >= 4 is 5.97 Å². The Kier molecular flexibility index (Phi) is 5.37. The number of carboxylic acid groups (broad SMARTS) is 1. The molecule has 0 heterocycles. The van der Waals surface area contributed by atoms with E-state index in [0.29, 0.717) is 0 Å². The predicted octanol–water partition coefficient (Wildman–Crippen LogP) is 0.0870. The van der Waals surface area contributed by atoms with Crippen LogP contribution in [0.2, 0.25) is 0 Å². The summed E-state index contributed by atoms with van der Waals surface area (Å²) in [6.45, 7) is 2.62. The quantitative estimate of drug-likeness (QED) is 0.656. The molecular formula is C5H10AgO3. The van der Waals surface area contributed by atoms with Crippen molar-refractivity contribution in [2.75, 3.05) is 6.61 Å². The van der Waals surface area contributed by atoms with Gasteiger partial charge in [-0.2, -0.15) is 0 Å². The topological polar surface area (TPSA) is 57.5 Å². The monoisotopic (exact) mass is 225 g/mol. The molecule has 0 rings (SSSR count). The fourth-order valence-corrected chi connectivity index (χ4v) is 0.0676. The Bertz CT molecular complexity index is 100. The van der Waals surface area contributed by atoms with E-state index in [9.17, 15) is 4.79 Å². The summed E-state index contributed by atoms with van der Waals surface area (Å²) in [7, 11) is 0. The molecule has 0 saturated heterocycles. The third kappa shape index (κ3) is 3.70. The Balaban J connectivity index is 0. The van der Waals surface area contributed by atoms with Crippen LogP contribution in [0.5, 0.6) is 0 Å². The van der Waals surface area contributed by atoms with E-state index >= 15 is 0 Å². The van der Waals surface area contributed by atoms with Crippen LogP contribution in [0.15, 0.2) is 0 Å². The van der Waals surface area contributed by atoms with Crippen LogP contribution in [0.4, 0.5) is 0 Å². The summed E-state index contributed by atoms with van der Waals surface area (Å²) in [4.78, 5) is 10.1. The molecule has 0 aromatic heterocycles. The number of hydrogen-bond acceptors (Lipinski definition) is 2. The maximum atomic E-state index is 10.1. The predicted molar refractivity (Wildman–Crippen MR) is 28.5 cm³/mol. The molecule has 4 heteroatoms. The van der Waals surface area contributed by atoms with Crippen LogP contribution in [0.25, 0.3) is 0 Å². The summed E-state index contributed by atoms with van der Waals surface area (Å²) in [5.41, 5.74) is -0.986. The fourth-order valence-electron chi connectivity index (χ4n) is 0.0676. The van der Waals surface area contributed by atoms with Crippen molar-refractivity contribution in [2.24, 2.45) is 5.41 Å². The van der Waals surface area contributed by atoms with E-state index in [1.807, 2.05) is 0 Å². The zero-order valence-electron chi connectivity index (χ0n) is 5.31. The maximum absolute atomic E-state index is 10.1. The number of hydrogen-bond donors (Lipinski definition) is 2. The van der Waals surface area contributed by atoms with Crippen LogP contribution >= 0.6 is 0 Å². The first-order valence-corrected chi connectivity index (χ1v) is 2.35. The summed E-state index contributed by atoms with van der Waals surface area (Å²) in [5, 5.41) is 16.7. The fraction of sp³-hybridized carbons (Fsp3) is 0.800. The second kappa shape index (κ2) is 4.06. The first-order chi connectivity index (χ1) is 3.50. The molecule has 0 amide bonds. The van der Waals surface area contributed by atoms with Gasteiger partial charge in [0.2, 0.25) is 0 Å². The van der Waals surface area contributed by atoms with Gasteiger partial charge in [-0.1, -0.05) is 0 Å². The summed E-state index contributed by atoms with van der Waals surface area (Å²) >= 11 is 0. The van der Waals surface area contributed by atoms with E-state index < -0.39 is 11.4 Å². The third-order valence-electron chi connectivity index (χ3n) is 0.974. The minimum Gasteiger partial charge on any atom is -0.481 e. The van der Waals surface area contributed by atoms with E-state index in [0.717, 1.165) is 0 Å². The summed E-state index contributed by atoms with van der Waals surface area (Å²) in [5.74, 6) is -0.972. The van der Waals surface area contributed by atoms with Gasteiger partial charge in [0.25, 0.3) is 0 Å². The number of carbonyl (C=O) groups is 1. The van der Waals surface area contributed by atoms with E-state index in [1.54, 1.807) is 0 Å². The van der Waals surface area contributed by atoms with Gasteiger partial charge >= 0.3 is 5.97 Å². The average Bonchev–Trinajstić information content (AvgIpc) is 1.67. The molecule has 2 N–H and O–H groups in total. The smallest absolute Gasteiger partial charge is 0.311 e. The molecule has 0 aromatic carbocycles. The number of aliphatic hydroxyl groups excluding tert-OH is 1. The van der Waals surface area contributed by atoms with Gasteiger partial charge in [-0.25, -0.2) is 0 Å². The SMILES string of the molecule is CC(C)(CO)C(=O)O.[Ag]. The molecule has 9 heavy (non-hydrogen) atoms. The van der Waals surface area contributed by atoms with Gasteiger partial charge in [0, 0.05) is 22.4 Å². The molecule has 0 unspecified atom stereocenters. The van der Waals surface area contributed by atoms with E-state index in [4.69, 9.17) is 10.2 Å². The summed E-state index contributed by atoms with van der Waals surface area (Å²) in [6, 6.07) is 0. The van der Waals surface area contributed by atoms with Gasteiger partial charge in [-0.3, -0.25) is 4.79 Å². The van der Waals surface area contributed by atoms with E-state index in [2.05, 4.69) is 0 Å². The zero-order chi connectivity index (χ0) is 6.78. The van der Waals surface area contributed by atoms with Gasteiger partial charge in [-0.15, -0.1) is 0 Å². The van der Waals surface area contributed by atoms with E-state index in [-0.39, 0.29) is 29.0 Å². The average molecular weight is 226 g/mol. The summed E-state index contributed by atoms with van der Waals surface area (Å²) in [6.07, 6.45) is 0. The Morgan fingerprint density at radius 1 is 1.56 bits per heavy atom. The van der Waals surface area contributed by atoms with Crippen LogP contribution in [-0.2, 0) is 27.2 Å². The molecule has 0 bridgehead atoms. The maximum Gasteiger partial charge on any atom is 0.311 e. The van der Waals surface area contributed by atoms with Crippen molar-refractivity contribution < 1.29 is 37.4 Å².